The van der Waals surface area contributed by atoms with Crippen LogP contribution < -0.4 is 16.0 Å². The van der Waals surface area contributed by atoms with Gasteiger partial charge in [-0.2, -0.15) is 18.3 Å². The molecule has 1 aliphatic carbocycles. The second-order valence-electron chi connectivity index (χ2n) is 10.8. The molecule has 0 aliphatic heterocycles. The monoisotopic (exact) mass is 593 g/mol. The van der Waals surface area contributed by atoms with Gasteiger partial charge in [-0.25, -0.2) is 24.6 Å². The van der Waals surface area contributed by atoms with Crippen LogP contribution in [0.5, 0.6) is 5.75 Å². The Kier molecular flexibility index (Phi) is 7.46. The van der Waals surface area contributed by atoms with Crippen LogP contribution in [0.25, 0.3) is 33.8 Å². The molecule has 1 aliphatic rings. The maximum absolute atomic E-state index is 13.5. The Hall–Kier alpha value is -4.59. The van der Waals surface area contributed by atoms with Crippen LogP contribution in [0.3, 0.4) is 0 Å². The zero-order chi connectivity index (χ0) is 30.3. The van der Waals surface area contributed by atoms with Gasteiger partial charge in [0, 0.05) is 35.5 Å². The quantitative estimate of drug-likeness (QED) is 0.222. The largest absolute Gasteiger partial charge is 0.493 e. The predicted octanol–water partition coefficient (Wildman–Crippen LogP) is 4.69. The highest BCUT2D eigenvalue weighted by molar-refractivity contribution is 5.76. The molecule has 224 valence electrons. The third-order valence-electron chi connectivity index (χ3n) is 7.28. The first-order chi connectivity index (χ1) is 20.6. The van der Waals surface area contributed by atoms with Gasteiger partial charge in [0.05, 0.1) is 36.8 Å². The molecule has 0 unspecified atom stereocenters. The number of nitrogens with one attached hydrogen (secondary N) is 1. The Labute approximate surface area is 244 Å². The lowest BCUT2D eigenvalue weighted by molar-refractivity contribution is -0.140. The van der Waals surface area contributed by atoms with Crippen molar-refractivity contribution in [1.29, 1.82) is 0 Å². The molecule has 14 heteroatoms. The van der Waals surface area contributed by atoms with Crippen LogP contribution in [0.2, 0.25) is 0 Å². The van der Waals surface area contributed by atoms with Crippen molar-refractivity contribution < 1.29 is 17.9 Å². The third-order valence-corrected chi connectivity index (χ3v) is 7.28. The van der Waals surface area contributed by atoms with E-state index in [-0.39, 0.29) is 35.7 Å². The summed E-state index contributed by atoms with van der Waals surface area (Å²) in [5.74, 6) is 1.14. The minimum Gasteiger partial charge on any atom is -0.493 e. The number of imidazole rings is 1. The molecule has 0 bridgehead atoms. The number of ether oxygens (including phenoxy) is 1. The number of benzene rings is 1. The lowest BCUT2D eigenvalue weighted by atomic mass is 10.1. The summed E-state index contributed by atoms with van der Waals surface area (Å²) in [6, 6.07) is 4.94. The Morgan fingerprint density at radius 3 is 2.70 bits per heavy atom. The summed E-state index contributed by atoms with van der Waals surface area (Å²) in [5.41, 5.74) is 7.17. The van der Waals surface area contributed by atoms with Crippen LogP contribution in [0.15, 0.2) is 47.9 Å². The molecule has 3 N–H and O–H groups in total. The molecule has 0 atom stereocenters. The van der Waals surface area contributed by atoms with Crippen LogP contribution in [-0.2, 0) is 12.7 Å². The number of hydrogen-bond acceptors (Lipinski definition) is 8. The predicted molar refractivity (Wildman–Crippen MR) is 152 cm³/mol. The van der Waals surface area contributed by atoms with Gasteiger partial charge >= 0.3 is 6.18 Å². The lowest BCUT2D eigenvalue weighted by Gasteiger charge is -2.16. The highest BCUT2D eigenvalue weighted by atomic mass is 19.4. The van der Waals surface area contributed by atoms with Gasteiger partial charge in [-0.05, 0) is 45.7 Å². The van der Waals surface area contributed by atoms with Gasteiger partial charge in [0.2, 0.25) is 0 Å². The Morgan fingerprint density at radius 2 is 1.98 bits per heavy atom. The maximum atomic E-state index is 13.5. The van der Waals surface area contributed by atoms with E-state index in [2.05, 4.69) is 25.0 Å². The standard InChI is InChI=1S/C29H30F3N9O2/c1-16(2)40-14-22(29(30,31)32)38-26(40)18-6-7-19(21(10-18)43-9-3-8-33)13-41-27-20(12-37-41)11-34-25(39-27)23-24(17-4-5-17)35-15-36-28(23)42/h6-7,10-12,14-17H,3-5,8-9,13,33H2,1-2H3,(H,35,36,42). The molecule has 4 heterocycles. The van der Waals surface area contributed by atoms with Crippen molar-refractivity contribution in [2.45, 2.75) is 57.8 Å². The highest BCUT2D eigenvalue weighted by Crippen LogP contribution is 2.41. The Bertz CT molecular complexity index is 1840. The zero-order valence-electron chi connectivity index (χ0n) is 23.6. The summed E-state index contributed by atoms with van der Waals surface area (Å²) in [7, 11) is 0. The van der Waals surface area contributed by atoms with Crippen LogP contribution in [0.1, 0.15) is 62.0 Å². The second-order valence-corrected chi connectivity index (χ2v) is 10.8. The molecule has 1 aromatic carbocycles. The fraction of sp³-hybridized carbons (Fsp3) is 0.379. The lowest BCUT2D eigenvalue weighted by Crippen LogP contribution is -2.15. The second kappa shape index (κ2) is 11.2. The summed E-state index contributed by atoms with van der Waals surface area (Å²) in [6.07, 6.45) is 3.62. The van der Waals surface area contributed by atoms with Gasteiger partial charge in [-0.15, -0.1) is 0 Å². The first-order valence-electron chi connectivity index (χ1n) is 14.0. The molecule has 5 aromatic rings. The van der Waals surface area contributed by atoms with Crippen molar-refractivity contribution in [1.82, 2.24) is 39.3 Å². The number of nitrogens with zero attached hydrogens (tertiary/aromatic N) is 7. The summed E-state index contributed by atoms with van der Waals surface area (Å²) in [4.78, 5) is 32.9. The molecular weight excluding hydrogens is 563 g/mol. The van der Waals surface area contributed by atoms with Gasteiger partial charge in [0.1, 0.15) is 17.1 Å². The fourth-order valence-electron chi connectivity index (χ4n) is 4.92. The summed E-state index contributed by atoms with van der Waals surface area (Å²) < 4.78 is 49.8. The molecule has 0 radical (unpaired) electrons. The Morgan fingerprint density at radius 1 is 1.16 bits per heavy atom. The van der Waals surface area contributed by atoms with E-state index < -0.39 is 11.9 Å². The van der Waals surface area contributed by atoms with Crippen molar-refractivity contribution in [3.63, 3.8) is 0 Å². The number of aromatic amines is 1. The van der Waals surface area contributed by atoms with Gasteiger partial charge in [-0.1, -0.05) is 12.1 Å². The van der Waals surface area contributed by atoms with E-state index in [1.54, 1.807) is 49.1 Å². The van der Waals surface area contributed by atoms with E-state index in [1.807, 2.05) is 0 Å². The molecule has 4 aromatic heterocycles. The minimum atomic E-state index is -4.57. The van der Waals surface area contributed by atoms with E-state index in [0.29, 0.717) is 53.2 Å². The molecule has 0 saturated heterocycles. The van der Waals surface area contributed by atoms with E-state index in [1.165, 1.54) is 10.9 Å². The summed E-state index contributed by atoms with van der Waals surface area (Å²) in [6.45, 7) is 4.57. The smallest absolute Gasteiger partial charge is 0.434 e. The van der Waals surface area contributed by atoms with E-state index >= 15 is 0 Å². The van der Waals surface area contributed by atoms with Gasteiger partial charge < -0.3 is 20.0 Å². The van der Waals surface area contributed by atoms with Crippen molar-refractivity contribution in [2.75, 3.05) is 13.2 Å². The average molecular weight is 594 g/mol. The number of nitrogens with two attached hydrogens (primary N) is 1. The SMILES string of the molecule is CC(C)n1cc(C(F)(F)F)nc1-c1ccc(Cn2ncc3cnc(-c4c(C5CC5)nc[nH]c4=O)nc32)c(OCCCN)c1. The third kappa shape index (κ3) is 5.74. The van der Waals surface area contributed by atoms with Gasteiger partial charge in [0.25, 0.3) is 5.56 Å². The number of halogens is 3. The molecule has 43 heavy (non-hydrogen) atoms. The maximum Gasteiger partial charge on any atom is 0.434 e. The van der Waals surface area contributed by atoms with Crippen LogP contribution in [0, 0.1) is 0 Å². The molecule has 0 spiro atoms. The number of rotatable bonds is 10. The van der Waals surface area contributed by atoms with Crippen molar-refractivity contribution in [3.05, 3.63) is 70.4 Å². The first kappa shape index (κ1) is 28.5. The fourth-order valence-corrected chi connectivity index (χ4v) is 4.92. The number of fused-ring (bicyclic) bond motifs is 1. The average Bonchev–Trinajstić information content (AvgIpc) is 3.58. The van der Waals surface area contributed by atoms with Crippen LogP contribution >= 0.6 is 0 Å². The van der Waals surface area contributed by atoms with Crippen molar-refractivity contribution >= 4 is 11.0 Å². The first-order valence-corrected chi connectivity index (χ1v) is 14.0. The van der Waals surface area contributed by atoms with Crippen molar-refractivity contribution in [3.8, 4) is 28.5 Å². The van der Waals surface area contributed by atoms with Crippen molar-refractivity contribution in [2.24, 2.45) is 5.73 Å². The highest BCUT2D eigenvalue weighted by Gasteiger charge is 2.35. The zero-order valence-corrected chi connectivity index (χ0v) is 23.6. The van der Waals surface area contributed by atoms with E-state index in [4.69, 9.17) is 15.5 Å². The van der Waals surface area contributed by atoms with Gasteiger partial charge in [-0.3, -0.25) is 4.79 Å². The number of hydrogen-bond donors (Lipinski definition) is 2. The molecule has 0 amide bonds. The van der Waals surface area contributed by atoms with E-state index in [9.17, 15) is 18.0 Å². The molecule has 11 nitrogen and oxygen atoms in total. The number of alkyl halides is 3. The summed E-state index contributed by atoms with van der Waals surface area (Å²) >= 11 is 0. The molecule has 1 fully saturated rings. The number of H-pyrrole nitrogens is 1. The van der Waals surface area contributed by atoms with E-state index in [0.717, 1.165) is 24.6 Å². The molecule has 6 rings (SSSR count). The topological polar surface area (TPSA) is 142 Å². The van der Waals surface area contributed by atoms with Crippen LogP contribution in [0.4, 0.5) is 13.2 Å². The normalized spacial score (nSPS) is 13.7. The summed E-state index contributed by atoms with van der Waals surface area (Å²) in [5, 5.41) is 5.18. The number of aromatic nitrogens is 8. The molecule has 1 saturated carbocycles. The Balaban J connectivity index is 1.39. The van der Waals surface area contributed by atoms with Crippen LogP contribution in [-0.4, -0.2) is 52.4 Å². The molecular formula is C29H30F3N9O2. The van der Waals surface area contributed by atoms with Gasteiger partial charge in [0.15, 0.2) is 17.2 Å². The minimum absolute atomic E-state index is 0.188.